The van der Waals surface area contributed by atoms with Crippen LogP contribution in [0, 0.1) is 12.3 Å². The lowest BCUT2D eigenvalue weighted by molar-refractivity contribution is -0.144. The van der Waals surface area contributed by atoms with E-state index in [1.807, 2.05) is 0 Å². The molecule has 0 heterocycles. The minimum atomic E-state index is -0.999. The van der Waals surface area contributed by atoms with E-state index in [-0.39, 0.29) is 19.6 Å². The summed E-state index contributed by atoms with van der Waals surface area (Å²) in [4.78, 5) is 52.8. The summed E-state index contributed by atoms with van der Waals surface area (Å²) in [5, 5.41) is 5.34. The summed E-state index contributed by atoms with van der Waals surface area (Å²) < 4.78 is 10.2. The largest absolute Gasteiger partial charge is 0.466 e. The van der Waals surface area contributed by atoms with E-state index in [9.17, 15) is 19.2 Å². The van der Waals surface area contributed by atoms with Gasteiger partial charge in [-0.1, -0.05) is 44.2 Å². The highest BCUT2D eigenvalue weighted by molar-refractivity contribution is 5.92. The van der Waals surface area contributed by atoms with Crippen LogP contribution in [-0.4, -0.2) is 60.1 Å². The van der Waals surface area contributed by atoms with Crippen molar-refractivity contribution in [3.8, 4) is 12.3 Å². The number of hydrogen-bond donors (Lipinski definition) is 2. The monoisotopic (exact) mass is 529 g/mol. The third kappa shape index (κ3) is 11.7. The number of alkyl carbamates (subject to hydrolysis) is 1. The Balaban J connectivity index is 3.28. The zero-order chi connectivity index (χ0) is 28.7. The van der Waals surface area contributed by atoms with E-state index >= 15 is 0 Å². The third-order valence-electron chi connectivity index (χ3n) is 5.53. The Morgan fingerprint density at radius 3 is 2.26 bits per heavy atom. The number of carbonyl (C=O) groups excluding carboxylic acids is 4. The van der Waals surface area contributed by atoms with Crippen LogP contribution in [0.15, 0.2) is 24.3 Å². The van der Waals surface area contributed by atoms with Crippen molar-refractivity contribution in [3.63, 3.8) is 0 Å². The van der Waals surface area contributed by atoms with Crippen LogP contribution in [0.4, 0.5) is 4.79 Å². The molecule has 3 amide bonds. The number of carbonyl (C=O) groups is 4. The zero-order valence-corrected chi connectivity index (χ0v) is 23.6. The molecule has 0 radical (unpaired) electrons. The smallest absolute Gasteiger partial charge is 0.408 e. The molecule has 9 nitrogen and oxygen atoms in total. The predicted octanol–water partition coefficient (Wildman–Crippen LogP) is 4.10. The van der Waals surface area contributed by atoms with Crippen LogP contribution in [0.1, 0.15) is 90.8 Å². The van der Waals surface area contributed by atoms with Gasteiger partial charge >= 0.3 is 12.1 Å². The molecule has 1 rings (SSSR count). The van der Waals surface area contributed by atoms with Crippen molar-refractivity contribution in [2.45, 2.75) is 91.3 Å². The number of hydrogen-bond acceptors (Lipinski definition) is 6. The van der Waals surface area contributed by atoms with Crippen molar-refractivity contribution in [2.24, 2.45) is 0 Å². The fraction of sp³-hybridized carbons (Fsp3) is 0.586. The summed E-state index contributed by atoms with van der Waals surface area (Å²) in [7, 11) is 0. The van der Waals surface area contributed by atoms with Crippen molar-refractivity contribution in [2.75, 3.05) is 19.7 Å². The first kappa shape index (κ1) is 32.5. The molecule has 2 N–H and O–H groups in total. The summed E-state index contributed by atoms with van der Waals surface area (Å²) in [6.45, 7) is 11.2. The van der Waals surface area contributed by atoms with E-state index in [0.717, 1.165) is 19.3 Å². The Labute approximate surface area is 227 Å². The number of terminal acetylenes is 1. The molecular weight excluding hydrogens is 486 g/mol. The van der Waals surface area contributed by atoms with E-state index in [0.29, 0.717) is 24.1 Å². The van der Waals surface area contributed by atoms with Crippen LogP contribution in [0.25, 0.3) is 0 Å². The van der Waals surface area contributed by atoms with Gasteiger partial charge in [0.05, 0.1) is 13.0 Å². The van der Waals surface area contributed by atoms with E-state index < -0.39 is 41.6 Å². The maximum Gasteiger partial charge on any atom is 0.408 e. The second-order valence-corrected chi connectivity index (χ2v) is 9.98. The number of esters is 1. The summed E-state index contributed by atoms with van der Waals surface area (Å²) in [6, 6.07) is 4.88. The van der Waals surface area contributed by atoms with Gasteiger partial charge in [0, 0.05) is 18.7 Å². The van der Waals surface area contributed by atoms with Crippen LogP contribution in [0.3, 0.4) is 0 Å². The topological polar surface area (TPSA) is 114 Å². The average Bonchev–Trinajstić information content (AvgIpc) is 2.84. The van der Waals surface area contributed by atoms with Gasteiger partial charge in [-0.25, -0.2) is 4.79 Å². The first-order valence-electron chi connectivity index (χ1n) is 13.2. The lowest BCUT2D eigenvalue weighted by Gasteiger charge is -2.33. The van der Waals surface area contributed by atoms with Crippen molar-refractivity contribution >= 4 is 23.9 Å². The molecule has 0 fully saturated rings. The van der Waals surface area contributed by atoms with E-state index in [1.165, 1.54) is 4.90 Å². The highest BCUT2D eigenvalue weighted by atomic mass is 16.6. The predicted molar refractivity (Wildman–Crippen MR) is 146 cm³/mol. The molecule has 0 aliphatic rings. The number of nitrogens with zero attached hydrogens (tertiary/aromatic N) is 1. The van der Waals surface area contributed by atoms with Crippen LogP contribution in [-0.2, 0) is 23.9 Å². The fourth-order valence-electron chi connectivity index (χ4n) is 3.72. The fourth-order valence-corrected chi connectivity index (χ4v) is 3.72. The minimum Gasteiger partial charge on any atom is -0.466 e. The Kier molecular flexibility index (Phi) is 14.0. The van der Waals surface area contributed by atoms with Gasteiger partial charge in [0.15, 0.2) is 0 Å². The number of ether oxygens (including phenoxy) is 2. The number of unbranched alkanes of at least 4 members (excludes halogenated alkanes) is 3. The molecule has 0 bridgehead atoms. The molecule has 0 spiro atoms. The van der Waals surface area contributed by atoms with Crippen molar-refractivity contribution in [1.29, 1.82) is 0 Å². The average molecular weight is 530 g/mol. The number of rotatable bonds is 14. The quantitative estimate of drug-likeness (QED) is 0.213. The van der Waals surface area contributed by atoms with Crippen molar-refractivity contribution in [1.82, 2.24) is 15.5 Å². The molecule has 0 aliphatic heterocycles. The van der Waals surface area contributed by atoms with Gasteiger partial charge in [-0.05, 0) is 58.7 Å². The van der Waals surface area contributed by atoms with Gasteiger partial charge in [-0.3, -0.25) is 14.4 Å². The SMILES string of the molecule is C#Cc1ccc(C(C(=O)NCCC(=O)OCC)N(CCCCCC)C(=O)C(C)NC(=O)OC(C)(C)C)cc1. The van der Waals surface area contributed by atoms with Crippen molar-refractivity contribution < 1.29 is 28.7 Å². The maximum atomic E-state index is 13.7. The number of benzene rings is 1. The summed E-state index contributed by atoms with van der Waals surface area (Å²) >= 11 is 0. The van der Waals surface area contributed by atoms with E-state index in [1.54, 1.807) is 58.9 Å². The summed E-state index contributed by atoms with van der Waals surface area (Å²) in [6.07, 6.45) is 8.32. The second kappa shape index (κ2) is 16.3. The van der Waals surface area contributed by atoms with Crippen LogP contribution < -0.4 is 10.6 Å². The molecule has 2 unspecified atom stereocenters. The highest BCUT2D eigenvalue weighted by Crippen LogP contribution is 2.24. The molecule has 210 valence electrons. The number of nitrogens with one attached hydrogen (secondary N) is 2. The normalized spacial score (nSPS) is 12.4. The third-order valence-corrected chi connectivity index (χ3v) is 5.53. The Hall–Kier alpha value is -3.54. The standard InChI is InChI=1S/C29H43N3O6/c1-8-11-12-13-20-32(27(35)21(4)31-28(36)38-29(5,6)7)25(23-16-14-22(9-2)15-17-23)26(34)30-19-18-24(33)37-10-3/h2,14-17,21,25H,8,10-13,18-20H2,1,3-7H3,(H,30,34)(H,31,36). The molecule has 38 heavy (non-hydrogen) atoms. The van der Waals surface area contributed by atoms with Crippen LogP contribution in [0.2, 0.25) is 0 Å². The minimum absolute atomic E-state index is 0.00335. The molecule has 1 aromatic rings. The van der Waals surface area contributed by atoms with Gasteiger partial charge in [0.25, 0.3) is 0 Å². The molecule has 0 saturated heterocycles. The highest BCUT2D eigenvalue weighted by Gasteiger charge is 2.34. The molecule has 2 atom stereocenters. The molecule has 1 aromatic carbocycles. The van der Waals surface area contributed by atoms with Gasteiger partial charge in [-0.2, -0.15) is 0 Å². The molecular formula is C29H43N3O6. The first-order valence-corrected chi connectivity index (χ1v) is 13.2. The Morgan fingerprint density at radius 2 is 1.71 bits per heavy atom. The van der Waals surface area contributed by atoms with E-state index in [4.69, 9.17) is 15.9 Å². The first-order chi connectivity index (χ1) is 17.9. The maximum absolute atomic E-state index is 13.7. The van der Waals surface area contributed by atoms with E-state index in [2.05, 4.69) is 23.5 Å². The zero-order valence-electron chi connectivity index (χ0n) is 23.6. The summed E-state index contributed by atoms with van der Waals surface area (Å²) in [5.41, 5.74) is 0.467. The van der Waals surface area contributed by atoms with Gasteiger partial charge in [-0.15, -0.1) is 6.42 Å². The second-order valence-electron chi connectivity index (χ2n) is 9.98. The van der Waals surface area contributed by atoms with Gasteiger partial charge < -0.3 is 25.0 Å². The number of amides is 3. The summed E-state index contributed by atoms with van der Waals surface area (Å²) in [5.74, 6) is 1.24. The lowest BCUT2D eigenvalue weighted by atomic mass is 10.0. The molecule has 0 aromatic heterocycles. The van der Waals surface area contributed by atoms with Crippen LogP contribution in [0.5, 0.6) is 0 Å². The van der Waals surface area contributed by atoms with Crippen LogP contribution >= 0.6 is 0 Å². The Morgan fingerprint density at radius 1 is 1.05 bits per heavy atom. The molecule has 9 heteroatoms. The molecule has 0 aliphatic carbocycles. The lowest BCUT2D eigenvalue weighted by Crippen LogP contribution is -2.52. The van der Waals surface area contributed by atoms with Gasteiger partial charge in [0.1, 0.15) is 17.7 Å². The Bertz CT molecular complexity index is 962. The van der Waals surface area contributed by atoms with Crippen molar-refractivity contribution in [3.05, 3.63) is 35.4 Å². The van der Waals surface area contributed by atoms with Gasteiger partial charge in [0.2, 0.25) is 11.8 Å². The molecule has 0 saturated carbocycles.